The summed E-state index contributed by atoms with van der Waals surface area (Å²) in [7, 11) is 0. The van der Waals surface area contributed by atoms with Crippen LogP contribution in [0.15, 0.2) is 36.5 Å². The van der Waals surface area contributed by atoms with Crippen LogP contribution in [0.5, 0.6) is 0 Å². The van der Waals surface area contributed by atoms with Gasteiger partial charge in [-0.25, -0.2) is 4.68 Å². The van der Waals surface area contributed by atoms with E-state index >= 15 is 0 Å². The number of rotatable bonds is 6. The fourth-order valence-electron chi connectivity index (χ4n) is 2.94. The van der Waals surface area contributed by atoms with E-state index in [0.717, 1.165) is 11.4 Å². The molecule has 0 aliphatic carbocycles. The highest BCUT2D eigenvalue weighted by molar-refractivity contribution is 5.95. The van der Waals surface area contributed by atoms with E-state index in [-0.39, 0.29) is 11.9 Å². The Bertz CT molecular complexity index is 947. The maximum absolute atomic E-state index is 12.8. The molecule has 2 N–H and O–H groups in total. The van der Waals surface area contributed by atoms with Crippen molar-refractivity contribution in [2.45, 2.75) is 39.8 Å². The molecule has 2 heterocycles. The Kier molecular flexibility index (Phi) is 5.34. The Balaban J connectivity index is 1.73. The third-order valence-corrected chi connectivity index (χ3v) is 4.20. The van der Waals surface area contributed by atoms with Crippen molar-refractivity contribution in [2.75, 3.05) is 0 Å². The molecule has 0 saturated carbocycles. The summed E-state index contributed by atoms with van der Waals surface area (Å²) in [6.07, 6.45) is 1.90. The number of H-pyrrole nitrogens is 1. The zero-order chi connectivity index (χ0) is 19.6. The molecule has 2 aromatic heterocycles. The molecule has 8 heteroatoms. The zero-order valence-electron chi connectivity index (χ0n) is 15.3. The van der Waals surface area contributed by atoms with E-state index in [1.165, 1.54) is 6.20 Å². The van der Waals surface area contributed by atoms with Crippen molar-refractivity contribution in [3.05, 3.63) is 59.2 Å². The van der Waals surface area contributed by atoms with Crippen molar-refractivity contribution >= 4 is 5.91 Å². The summed E-state index contributed by atoms with van der Waals surface area (Å²) in [5.41, 5.74) is 4.03. The Morgan fingerprint density at radius 1 is 1.30 bits per heavy atom. The van der Waals surface area contributed by atoms with Crippen LogP contribution in [-0.4, -0.2) is 31.9 Å². The minimum Gasteiger partial charge on any atom is -0.349 e. The highest BCUT2D eigenvalue weighted by Crippen LogP contribution is 2.25. The summed E-state index contributed by atoms with van der Waals surface area (Å²) in [6, 6.07) is 8.70. The number of carbonyl (C=O) groups excluding carboxylic acids is 1. The number of aryl methyl sites for hydroxylation is 2. The van der Waals surface area contributed by atoms with Gasteiger partial charge in [-0.3, -0.25) is 9.89 Å². The molecule has 0 radical (unpaired) electrons. The molecule has 3 aromatic rings. The van der Waals surface area contributed by atoms with E-state index in [2.05, 4.69) is 20.6 Å². The number of hydrogen-bond donors (Lipinski definition) is 2. The quantitative estimate of drug-likeness (QED) is 0.693. The van der Waals surface area contributed by atoms with Gasteiger partial charge in [0.05, 0.1) is 11.4 Å². The maximum atomic E-state index is 12.8. The average molecular weight is 373 g/mol. The van der Waals surface area contributed by atoms with E-state index < -0.39 is 6.55 Å². The molecule has 1 aromatic carbocycles. The summed E-state index contributed by atoms with van der Waals surface area (Å²) in [6.45, 7) is 2.79. The lowest BCUT2D eigenvalue weighted by molar-refractivity contribution is 0.0563. The lowest BCUT2D eigenvalue weighted by atomic mass is 10.0. The summed E-state index contributed by atoms with van der Waals surface area (Å²) in [5.74, 6) is -0.226. The number of alkyl halides is 2. The monoisotopic (exact) mass is 373 g/mol. The number of halogens is 2. The topological polar surface area (TPSA) is 75.6 Å². The smallest absolute Gasteiger partial charge is 0.333 e. The van der Waals surface area contributed by atoms with Crippen molar-refractivity contribution in [3.8, 4) is 11.1 Å². The number of hydrogen-bond acceptors (Lipinski definition) is 3. The van der Waals surface area contributed by atoms with Crippen molar-refractivity contribution < 1.29 is 13.6 Å². The molecular weight excluding hydrogens is 352 g/mol. The molecule has 0 spiro atoms. The molecule has 0 saturated heterocycles. The molecule has 0 fully saturated rings. The summed E-state index contributed by atoms with van der Waals surface area (Å²) in [4.78, 5) is 12.6. The minimum atomic E-state index is -2.70. The van der Waals surface area contributed by atoms with Gasteiger partial charge in [-0.1, -0.05) is 12.1 Å². The third-order valence-electron chi connectivity index (χ3n) is 4.20. The van der Waals surface area contributed by atoms with Crippen LogP contribution >= 0.6 is 0 Å². The number of aromatic nitrogens is 4. The van der Waals surface area contributed by atoms with E-state index in [1.807, 2.05) is 19.9 Å². The Hall–Kier alpha value is -3.03. The van der Waals surface area contributed by atoms with E-state index in [0.29, 0.717) is 33.5 Å². The number of nitrogens with one attached hydrogen (secondary N) is 2. The molecule has 0 unspecified atom stereocenters. The van der Waals surface area contributed by atoms with Gasteiger partial charge in [0.15, 0.2) is 0 Å². The molecule has 1 amide bonds. The Morgan fingerprint density at radius 2 is 2.07 bits per heavy atom. The van der Waals surface area contributed by atoms with Gasteiger partial charge in [0.25, 0.3) is 5.91 Å². The first kappa shape index (κ1) is 18.8. The second-order valence-corrected chi connectivity index (χ2v) is 6.59. The maximum Gasteiger partial charge on any atom is 0.333 e. The Labute approximate surface area is 155 Å². The number of benzene rings is 1. The molecule has 3 rings (SSSR count). The fraction of sp³-hybridized carbons (Fsp3) is 0.316. The van der Waals surface area contributed by atoms with Gasteiger partial charge in [-0.05, 0) is 44.5 Å². The second-order valence-electron chi connectivity index (χ2n) is 6.59. The molecule has 142 valence electrons. The standard InChI is InChI=1S/C19H21F2N5O/c1-11(7-16-8-12(2)23-24-16)22-18(27)15-6-4-5-14(9-15)17-10-26(19(20)21)25-13(17)3/h4-6,8-11,19H,7H2,1-3H3,(H,22,27)(H,23,24)/t11-/m0/s1. The number of amides is 1. The number of carbonyl (C=O) groups is 1. The largest absolute Gasteiger partial charge is 0.349 e. The van der Waals surface area contributed by atoms with Crippen molar-refractivity contribution in [2.24, 2.45) is 0 Å². The van der Waals surface area contributed by atoms with Gasteiger partial charge in [-0.15, -0.1) is 0 Å². The van der Waals surface area contributed by atoms with Crippen LogP contribution in [-0.2, 0) is 6.42 Å². The van der Waals surface area contributed by atoms with Gasteiger partial charge in [0.1, 0.15) is 0 Å². The molecule has 1 atom stereocenters. The van der Waals surface area contributed by atoms with Crippen LogP contribution < -0.4 is 5.32 Å². The first-order chi connectivity index (χ1) is 12.8. The predicted molar refractivity (Wildman–Crippen MR) is 97.6 cm³/mol. The van der Waals surface area contributed by atoms with E-state index in [4.69, 9.17) is 0 Å². The summed E-state index contributed by atoms with van der Waals surface area (Å²) >= 11 is 0. The highest BCUT2D eigenvalue weighted by Gasteiger charge is 2.16. The first-order valence-corrected chi connectivity index (χ1v) is 8.59. The highest BCUT2D eigenvalue weighted by atomic mass is 19.3. The van der Waals surface area contributed by atoms with Gasteiger partial charge < -0.3 is 5.32 Å². The lowest BCUT2D eigenvalue weighted by Gasteiger charge is -2.13. The zero-order valence-corrected chi connectivity index (χ0v) is 15.3. The molecule has 6 nitrogen and oxygen atoms in total. The van der Waals surface area contributed by atoms with E-state index in [1.54, 1.807) is 31.2 Å². The lowest BCUT2D eigenvalue weighted by Crippen LogP contribution is -2.34. The number of nitrogens with zero attached hydrogens (tertiary/aromatic N) is 3. The predicted octanol–water partition coefficient (Wildman–Crippen LogP) is 3.65. The van der Waals surface area contributed by atoms with Crippen LogP contribution in [0.2, 0.25) is 0 Å². The van der Waals surface area contributed by atoms with Gasteiger partial charge in [0, 0.05) is 35.5 Å². The van der Waals surface area contributed by atoms with Gasteiger partial charge in [0.2, 0.25) is 0 Å². The van der Waals surface area contributed by atoms with Crippen LogP contribution in [0.1, 0.15) is 40.9 Å². The summed E-state index contributed by atoms with van der Waals surface area (Å²) in [5, 5.41) is 13.8. The molecule has 0 bridgehead atoms. The molecule has 27 heavy (non-hydrogen) atoms. The minimum absolute atomic E-state index is 0.104. The van der Waals surface area contributed by atoms with Crippen LogP contribution in [0.3, 0.4) is 0 Å². The average Bonchev–Trinajstić information content (AvgIpc) is 3.20. The van der Waals surface area contributed by atoms with Crippen molar-refractivity contribution in [1.82, 2.24) is 25.3 Å². The van der Waals surface area contributed by atoms with Crippen molar-refractivity contribution in [3.63, 3.8) is 0 Å². The first-order valence-electron chi connectivity index (χ1n) is 8.59. The van der Waals surface area contributed by atoms with Crippen molar-refractivity contribution in [1.29, 1.82) is 0 Å². The normalized spacial score (nSPS) is 12.4. The fourth-order valence-corrected chi connectivity index (χ4v) is 2.94. The second kappa shape index (κ2) is 7.69. The van der Waals surface area contributed by atoms with Crippen LogP contribution in [0.25, 0.3) is 11.1 Å². The SMILES string of the molecule is Cc1cc(C[C@H](C)NC(=O)c2cccc(-c3cn(C(F)F)nc3C)c2)n[nH]1. The van der Waals surface area contributed by atoms with Gasteiger partial charge in [-0.2, -0.15) is 19.0 Å². The van der Waals surface area contributed by atoms with Crippen LogP contribution in [0, 0.1) is 13.8 Å². The third kappa shape index (κ3) is 4.39. The number of aromatic amines is 1. The Morgan fingerprint density at radius 3 is 2.70 bits per heavy atom. The van der Waals surface area contributed by atoms with Gasteiger partial charge >= 0.3 is 6.55 Å². The van der Waals surface area contributed by atoms with E-state index in [9.17, 15) is 13.6 Å². The molecular formula is C19H21F2N5O. The van der Waals surface area contributed by atoms with Crippen LogP contribution in [0.4, 0.5) is 8.78 Å². The molecule has 0 aliphatic heterocycles. The summed E-state index contributed by atoms with van der Waals surface area (Å²) < 4.78 is 26.3. The molecule has 0 aliphatic rings.